The Bertz CT molecular complexity index is 566. The van der Waals surface area contributed by atoms with E-state index in [2.05, 4.69) is 5.32 Å². The minimum atomic E-state index is -0.411. The Morgan fingerprint density at radius 2 is 2.05 bits per heavy atom. The zero-order chi connectivity index (χ0) is 16.3. The third kappa shape index (κ3) is 4.23. The van der Waals surface area contributed by atoms with Crippen molar-refractivity contribution in [1.29, 1.82) is 0 Å². The second-order valence-corrected chi connectivity index (χ2v) is 7.28. The Hall–Kier alpha value is -1.55. The number of rotatable bonds is 2. The number of carbonyl (C=O) groups excluding carboxylic acids is 2. The maximum Gasteiger partial charge on any atom is 0.229 e. The van der Waals surface area contributed by atoms with Gasteiger partial charge in [0.15, 0.2) is 0 Å². The Balaban J connectivity index is 2.00. The van der Waals surface area contributed by atoms with E-state index in [1.165, 1.54) is 0 Å². The van der Waals surface area contributed by atoms with Gasteiger partial charge in [0.2, 0.25) is 11.8 Å². The third-order valence-corrected chi connectivity index (χ3v) is 4.05. The molecular weight excluding hydrogens is 300 g/mol. The van der Waals surface area contributed by atoms with Crippen molar-refractivity contribution in [1.82, 2.24) is 4.90 Å². The van der Waals surface area contributed by atoms with E-state index >= 15 is 0 Å². The highest BCUT2D eigenvalue weighted by atomic mass is 35.5. The summed E-state index contributed by atoms with van der Waals surface area (Å²) in [6, 6.07) is 7.10. The first-order valence-electron chi connectivity index (χ1n) is 7.63. The van der Waals surface area contributed by atoms with E-state index in [9.17, 15) is 9.59 Å². The number of hydrogen-bond donors (Lipinski definition) is 1. The van der Waals surface area contributed by atoms with Gasteiger partial charge in [-0.1, -0.05) is 38.4 Å². The van der Waals surface area contributed by atoms with Gasteiger partial charge in [0.05, 0.1) is 5.92 Å². The maximum atomic E-state index is 12.4. The number of carbonyl (C=O) groups is 2. The van der Waals surface area contributed by atoms with Crippen LogP contribution in [0.1, 0.15) is 33.6 Å². The van der Waals surface area contributed by atoms with Gasteiger partial charge in [-0.2, -0.15) is 0 Å². The molecule has 1 fully saturated rings. The number of nitrogens with zero attached hydrogens (tertiary/aromatic N) is 1. The molecular formula is C17H23ClN2O2. The third-order valence-electron chi connectivity index (χ3n) is 3.81. The molecule has 1 aliphatic rings. The van der Waals surface area contributed by atoms with Gasteiger partial charge in [-0.05, 0) is 31.0 Å². The largest absolute Gasteiger partial charge is 0.341 e. The molecule has 1 N–H and O–H groups in total. The van der Waals surface area contributed by atoms with Crippen LogP contribution in [0.4, 0.5) is 5.69 Å². The molecule has 1 heterocycles. The van der Waals surface area contributed by atoms with Crippen LogP contribution in [0.2, 0.25) is 5.02 Å². The highest BCUT2D eigenvalue weighted by molar-refractivity contribution is 6.30. The molecule has 1 unspecified atom stereocenters. The van der Waals surface area contributed by atoms with E-state index in [4.69, 9.17) is 11.6 Å². The Kier molecular flexibility index (Phi) is 5.12. The van der Waals surface area contributed by atoms with Crippen molar-refractivity contribution < 1.29 is 9.59 Å². The molecule has 0 spiro atoms. The normalized spacial score (nSPS) is 18.9. The zero-order valence-electron chi connectivity index (χ0n) is 13.4. The number of nitrogens with one attached hydrogen (secondary N) is 1. The number of halogens is 1. The quantitative estimate of drug-likeness (QED) is 0.905. The number of amides is 2. The van der Waals surface area contributed by atoms with Crippen LogP contribution in [0.3, 0.4) is 0 Å². The van der Waals surface area contributed by atoms with Gasteiger partial charge in [0, 0.05) is 29.2 Å². The molecule has 4 nitrogen and oxygen atoms in total. The molecule has 1 aromatic carbocycles. The van der Waals surface area contributed by atoms with Gasteiger partial charge in [-0.3, -0.25) is 9.59 Å². The fourth-order valence-corrected chi connectivity index (χ4v) is 2.85. The van der Waals surface area contributed by atoms with Gasteiger partial charge >= 0.3 is 0 Å². The van der Waals surface area contributed by atoms with Crippen molar-refractivity contribution in [2.45, 2.75) is 33.6 Å². The minimum Gasteiger partial charge on any atom is -0.341 e. The molecule has 1 aromatic rings. The van der Waals surface area contributed by atoms with Crippen molar-refractivity contribution in [2.24, 2.45) is 11.3 Å². The first-order chi connectivity index (χ1) is 10.3. The molecule has 22 heavy (non-hydrogen) atoms. The first-order valence-corrected chi connectivity index (χ1v) is 8.01. The summed E-state index contributed by atoms with van der Waals surface area (Å²) in [6.45, 7) is 6.94. The SMILES string of the molecule is CC(C)(C)C(=O)N1CCCC(C(=O)Nc2cccc(Cl)c2)C1. The summed E-state index contributed by atoms with van der Waals surface area (Å²) in [7, 11) is 0. The maximum absolute atomic E-state index is 12.4. The minimum absolute atomic E-state index is 0.0475. The average molecular weight is 323 g/mol. The molecule has 0 aliphatic carbocycles. The number of hydrogen-bond acceptors (Lipinski definition) is 2. The fraction of sp³-hybridized carbons (Fsp3) is 0.529. The summed E-state index contributed by atoms with van der Waals surface area (Å²) < 4.78 is 0. The van der Waals surface area contributed by atoms with Crippen LogP contribution in [-0.4, -0.2) is 29.8 Å². The lowest BCUT2D eigenvalue weighted by molar-refractivity contribution is -0.142. The number of benzene rings is 1. The topological polar surface area (TPSA) is 49.4 Å². The van der Waals surface area contributed by atoms with Crippen LogP contribution in [0.25, 0.3) is 0 Å². The average Bonchev–Trinajstić information content (AvgIpc) is 2.45. The molecule has 1 atom stereocenters. The standard InChI is InChI=1S/C17H23ClN2O2/c1-17(2,3)16(22)20-9-5-6-12(11-20)15(21)19-14-8-4-7-13(18)10-14/h4,7-8,10,12H,5-6,9,11H2,1-3H3,(H,19,21). The Morgan fingerprint density at radius 3 is 2.68 bits per heavy atom. The summed E-state index contributed by atoms with van der Waals surface area (Å²) in [6.07, 6.45) is 1.66. The summed E-state index contributed by atoms with van der Waals surface area (Å²) in [4.78, 5) is 26.6. The lowest BCUT2D eigenvalue weighted by Crippen LogP contribution is -2.47. The summed E-state index contributed by atoms with van der Waals surface area (Å²) in [5, 5.41) is 3.48. The van der Waals surface area contributed by atoms with Gasteiger partial charge < -0.3 is 10.2 Å². The summed E-state index contributed by atoms with van der Waals surface area (Å²) in [5.74, 6) is -0.111. The smallest absolute Gasteiger partial charge is 0.229 e. The monoisotopic (exact) mass is 322 g/mol. The highest BCUT2D eigenvalue weighted by Gasteiger charge is 2.33. The van der Waals surface area contributed by atoms with Crippen molar-refractivity contribution >= 4 is 29.1 Å². The number of likely N-dealkylation sites (tertiary alicyclic amines) is 1. The Morgan fingerprint density at radius 1 is 1.32 bits per heavy atom. The van der Waals surface area contributed by atoms with E-state index < -0.39 is 5.41 Å². The van der Waals surface area contributed by atoms with Crippen LogP contribution in [0.5, 0.6) is 0 Å². The Labute approximate surface area is 136 Å². The predicted molar refractivity (Wildman–Crippen MR) is 88.8 cm³/mol. The zero-order valence-corrected chi connectivity index (χ0v) is 14.1. The van der Waals surface area contributed by atoms with Crippen LogP contribution in [0, 0.1) is 11.3 Å². The van der Waals surface area contributed by atoms with E-state index in [-0.39, 0.29) is 17.7 Å². The predicted octanol–water partition coefficient (Wildman–Crippen LogP) is 3.56. The van der Waals surface area contributed by atoms with Crippen molar-refractivity contribution in [3.63, 3.8) is 0 Å². The fourth-order valence-electron chi connectivity index (χ4n) is 2.66. The van der Waals surface area contributed by atoms with Crippen molar-refractivity contribution in [2.75, 3.05) is 18.4 Å². The van der Waals surface area contributed by atoms with E-state index in [1.54, 1.807) is 18.2 Å². The molecule has 2 amide bonds. The molecule has 0 aromatic heterocycles. The van der Waals surface area contributed by atoms with Crippen LogP contribution in [0.15, 0.2) is 24.3 Å². The molecule has 1 aliphatic heterocycles. The highest BCUT2D eigenvalue weighted by Crippen LogP contribution is 2.24. The number of piperidine rings is 1. The number of anilines is 1. The molecule has 120 valence electrons. The van der Waals surface area contributed by atoms with E-state index in [0.717, 1.165) is 19.4 Å². The van der Waals surface area contributed by atoms with Crippen molar-refractivity contribution in [3.05, 3.63) is 29.3 Å². The lowest BCUT2D eigenvalue weighted by Gasteiger charge is -2.35. The van der Waals surface area contributed by atoms with Crippen LogP contribution in [-0.2, 0) is 9.59 Å². The van der Waals surface area contributed by atoms with Gasteiger partial charge in [0.1, 0.15) is 0 Å². The molecule has 0 bridgehead atoms. The molecule has 2 rings (SSSR count). The van der Waals surface area contributed by atoms with Gasteiger partial charge in [-0.25, -0.2) is 0 Å². The van der Waals surface area contributed by atoms with E-state index in [1.807, 2.05) is 31.7 Å². The molecule has 0 saturated carbocycles. The van der Waals surface area contributed by atoms with Crippen LogP contribution >= 0.6 is 11.6 Å². The molecule has 0 radical (unpaired) electrons. The second-order valence-electron chi connectivity index (χ2n) is 6.84. The van der Waals surface area contributed by atoms with Gasteiger partial charge in [-0.15, -0.1) is 0 Å². The lowest BCUT2D eigenvalue weighted by atomic mass is 9.91. The molecule has 1 saturated heterocycles. The molecule has 5 heteroatoms. The van der Waals surface area contributed by atoms with E-state index in [0.29, 0.717) is 17.3 Å². The second kappa shape index (κ2) is 6.69. The van der Waals surface area contributed by atoms with Crippen molar-refractivity contribution in [3.8, 4) is 0 Å². The first kappa shape index (κ1) is 16.8. The summed E-state index contributed by atoms with van der Waals surface area (Å²) >= 11 is 5.92. The van der Waals surface area contributed by atoms with Gasteiger partial charge in [0.25, 0.3) is 0 Å². The van der Waals surface area contributed by atoms with Crippen LogP contribution < -0.4 is 5.32 Å². The summed E-state index contributed by atoms with van der Waals surface area (Å²) in [5.41, 5.74) is 0.280.